The molecule has 0 radical (unpaired) electrons. The van der Waals surface area contributed by atoms with Crippen molar-refractivity contribution in [2.75, 3.05) is 4.72 Å². The Kier molecular flexibility index (Phi) is 4.10. The van der Waals surface area contributed by atoms with Gasteiger partial charge in [0.1, 0.15) is 0 Å². The minimum Gasteiger partial charge on any atom is -0.280 e. The summed E-state index contributed by atoms with van der Waals surface area (Å²) in [7, 11) is -3.70. The number of sulfonamides is 1. The van der Waals surface area contributed by atoms with Gasteiger partial charge in [-0.05, 0) is 70.4 Å². The third-order valence-electron chi connectivity index (χ3n) is 4.41. The van der Waals surface area contributed by atoms with Gasteiger partial charge in [-0.15, -0.1) is 0 Å². The van der Waals surface area contributed by atoms with E-state index in [1.165, 1.54) is 6.07 Å². The van der Waals surface area contributed by atoms with Gasteiger partial charge in [-0.1, -0.05) is 48.0 Å². The highest BCUT2D eigenvalue weighted by molar-refractivity contribution is 7.92. The molecule has 0 aliphatic heterocycles. The lowest BCUT2D eigenvalue weighted by Crippen LogP contribution is -2.13. The fourth-order valence-electron chi connectivity index (χ4n) is 2.96. The summed E-state index contributed by atoms with van der Waals surface area (Å²) in [5.74, 6) is 0. The van der Waals surface area contributed by atoms with Crippen molar-refractivity contribution in [1.82, 2.24) is 0 Å². The number of halogens is 1. The second kappa shape index (κ2) is 6.31. The van der Waals surface area contributed by atoms with Crippen LogP contribution in [0.15, 0.2) is 77.7 Å². The number of hydrogen-bond donors (Lipinski definition) is 1. The summed E-state index contributed by atoms with van der Waals surface area (Å²) in [6.07, 6.45) is 0. The molecule has 26 heavy (non-hydrogen) atoms. The van der Waals surface area contributed by atoms with Crippen LogP contribution in [0.3, 0.4) is 0 Å². The first-order chi connectivity index (χ1) is 12.4. The van der Waals surface area contributed by atoms with Crippen molar-refractivity contribution in [2.24, 2.45) is 0 Å². The topological polar surface area (TPSA) is 46.2 Å². The SMILES string of the molecule is Cc1ccc(S(=O)(=O)Nc2ccc3cc4ccccc4cc3c2)cc1Cl. The molecular formula is C21H16ClNO2S. The van der Waals surface area contributed by atoms with Crippen LogP contribution in [-0.4, -0.2) is 8.42 Å². The first-order valence-corrected chi connectivity index (χ1v) is 10.00. The van der Waals surface area contributed by atoms with E-state index < -0.39 is 10.0 Å². The molecule has 0 amide bonds. The molecule has 3 nitrogen and oxygen atoms in total. The molecular weight excluding hydrogens is 366 g/mol. The van der Waals surface area contributed by atoms with Crippen LogP contribution in [0.1, 0.15) is 5.56 Å². The third kappa shape index (κ3) is 3.14. The number of rotatable bonds is 3. The van der Waals surface area contributed by atoms with Crippen molar-refractivity contribution in [3.05, 3.63) is 83.4 Å². The highest BCUT2D eigenvalue weighted by Crippen LogP contribution is 2.27. The molecule has 5 heteroatoms. The molecule has 0 unspecified atom stereocenters. The predicted molar refractivity (Wildman–Crippen MR) is 108 cm³/mol. The summed E-state index contributed by atoms with van der Waals surface area (Å²) in [5, 5.41) is 4.74. The number of nitrogens with one attached hydrogen (secondary N) is 1. The van der Waals surface area contributed by atoms with Crippen LogP contribution in [0.5, 0.6) is 0 Å². The number of fused-ring (bicyclic) bond motifs is 2. The standard InChI is InChI=1S/C21H16ClNO2S/c1-14-6-9-20(13-21(14)22)26(24,25)23-19-8-7-17-10-15-4-2-3-5-16(15)11-18(17)12-19/h2-13,23H,1H3. The summed E-state index contributed by atoms with van der Waals surface area (Å²) in [6, 6.07) is 22.5. The molecule has 0 aliphatic rings. The molecule has 0 atom stereocenters. The van der Waals surface area contributed by atoms with Crippen LogP contribution in [-0.2, 0) is 10.0 Å². The van der Waals surface area contributed by atoms with Crippen LogP contribution in [0.25, 0.3) is 21.5 Å². The lowest BCUT2D eigenvalue weighted by molar-refractivity contribution is 0.601. The average molecular weight is 382 g/mol. The van der Waals surface area contributed by atoms with Crippen LogP contribution in [0.2, 0.25) is 5.02 Å². The molecule has 0 bridgehead atoms. The van der Waals surface area contributed by atoms with Gasteiger partial charge in [0.25, 0.3) is 10.0 Å². The first kappa shape index (κ1) is 16.9. The number of benzene rings is 4. The molecule has 4 aromatic rings. The minimum absolute atomic E-state index is 0.145. The highest BCUT2D eigenvalue weighted by atomic mass is 35.5. The Morgan fingerprint density at radius 3 is 2.12 bits per heavy atom. The first-order valence-electron chi connectivity index (χ1n) is 8.14. The van der Waals surface area contributed by atoms with Crippen molar-refractivity contribution < 1.29 is 8.42 Å². The maximum Gasteiger partial charge on any atom is 0.261 e. The third-order valence-corrected chi connectivity index (χ3v) is 6.20. The van der Waals surface area contributed by atoms with Gasteiger partial charge < -0.3 is 0 Å². The van der Waals surface area contributed by atoms with E-state index in [4.69, 9.17) is 11.6 Å². The summed E-state index contributed by atoms with van der Waals surface area (Å²) < 4.78 is 27.9. The molecule has 0 saturated heterocycles. The average Bonchev–Trinajstić information content (AvgIpc) is 2.62. The summed E-state index contributed by atoms with van der Waals surface area (Å²) in [6.45, 7) is 1.83. The van der Waals surface area contributed by atoms with E-state index in [9.17, 15) is 8.42 Å². The van der Waals surface area contributed by atoms with E-state index in [-0.39, 0.29) is 4.90 Å². The summed E-state index contributed by atoms with van der Waals surface area (Å²) in [5.41, 5.74) is 1.35. The zero-order valence-corrected chi connectivity index (χ0v) is 15.6. The maximum absolute atomic E-state index is 12.6. The van der Waals surface area contributed by atoms with Crippen LogP contribution in [0, 0.1) is 6.92 Å². The normalized spacial score (nSPS) is 11.8. The van der Waals surface area contributed by atoms with Gasteiger partial charge in [0, 0.05) is 10.7 Å². The Balaban J connectivity index is 1.74. The van der Waals surface area contributed by atoms with Crippen molar-refractivity contribution in [1.29, 1.82) is 0 Å². The number of hydrogen-bond acceptors (Lipinski definition) is 2. The minimum atomic E-state index is -3.70. The lowest BCUT2D eigenvalue weighted by atomic mass is 10.0. The molecule has 4 rings (SSSR count). The molecule has 0 fully saturated rings. The van der Waals surface area contributed by atoms with E-state index in [0.29, 0.717) is 10.7 Å². The fraction of sp³-hybridized carbons (Fsp3) is 0.0476. The zero-order valence-electron chi connectivity index (χ0n) is 14.0. The van der Waals surface area contributed by atoms with Crippen molar-refractivity contribution in [2.45, 2.75) is 11.8 Å². The maximum atomic E-state index is 12.6. The van der Waals surface area contributed by atoms with Gasteiger partial charge in [0.15, 0.2) is 0 Å². The van der Waals surface area contributed by atoms with Crippen LogP contribution < -0.4 is 4.72 Å². The fourth-order valence-corrected chi connectivity index (χ4v) is 4.28. The van der Waals surface area contributed by atoms with Gasteiger partial charge in [0.2, 0.25) is 0 Å². The molecule has 130 valence electrons. The Hall–Kier alpha value is -2.56. The van der Waals surface area contributed by atoms with Crippen molar-refractivity contribution >= 4 is 48.9 Å². The molecule has 0 aromatic heterocycles. The van der Waals surface area contributed by atoms with Gasteiger partial charge in [-0.25, -0.2) is 8.42 Å². The van der Waals surface area contributed by atoms with Crippen LogP contribution in [0.4, 0.5) is 5.69 Å². The van der Waals surface area contributed by atoms with Gasteiger partial charge in [0.05, 0.1) is 4.90 Å². The van der Waals surface area contributed by atoms with E-state index >= 15 is 0 Å². The number of aryl methyl sites for hydroxylation is 1. The molecule has 0 heterocycles. The lowest BCUT2D eigenvalue weighted by Gasteiger charge is -2.10. The molecule has 0 saturated carbocycles. The van der Waals surface area contributed by atoms with E-state index in [1.54, 1.807) is 18.2 Å². The van der Waals surface area contributed by atoms with Crippen molar-refractivity contribution in [3.63, 3.8) is 0 Å². The molecule has 1 N–H and O–H groups in total. The second-order valence-corrected chi connectivity index (χ2v) is 8.37. The monoisotopic (exact) mass is 381 g/mol. The van der Waals surface area contributed by atoms with E-state index in [1.807, 2.05) is 37.3 Å². The van der Waals surface area contributed by atoms with Crippen molar-refractivity contribution in [3.8, 4) is 0 Å². The summed E-state index contributed by atoms with van der Waals surface area (Å²) in [4.78, 5) is 0.145. The largest absolute Gasteiger partial charge is 0.280 e. The quantitative estimate of drug-likeness (QED) is 0.459. The van der Waals surface area contributed by atoms with E-state index in [0.717, 1.165) is 27.1 Å². The Morgan fingerprint density at radius 1 is 0.769 bits per heavy atom. The van der Waals surface area contributed by atoms with Gasteiger partial charge in [-0.3, -0.25) is 4.72 Å². The van der Waals surface area contributed by atoms with E-state index in [2.05, 4.69) is 22.9 Å². The van der Waals surface area contributed by atoms with Gasteiger partial charge in [-0.2, -0.15) is 0 Å². The Labute approximate surface area is 157 Å². The Bertz CT molecular complexity index is 1250. The smallest absolute Gasteiger partial charge is 0.261 e. The summed E-state index contributed by atoms with van der Waals surface area (Å²) >= 11 is 6.06. The highest BCUT2D eigenvalue weighted by Gasteiger charge is 2.15. The Morgan fingerprint density at radius 2 is 1.42 bits per heavy atom. The van der Waals surface area contributed by atoms with Crippen LogP contribution >= 0.6 is 11.6 Å². The zero-order chi connectivity index (χ0) is 18.3. The second-order valence-electron chi connectivity index (χ2n) is 6.28. The molecule has 0 aliphatic carbocycles. The molecule has 4 aromatic carbocycles. The molecule has 0 spiro atoms. The van der Waals surface area contributed by atoms with Gasteiger partial charge >= 0.3 is 0 Å². The number of anilines is 1. The predicted octanol–water partition coefficient (Wildman–Crippen LogP) is 5.76.